The van der Waals surface area contributed by atoms with E-state index in [1.54, 1.807) is 0 Å². The number of aromatic nitrogens is 5. The third-order valence-corrected chi connectivity index (χ3v) is 3.20. The molecule has 0 aliphatic heterocycles. The lowest BCUT2D eigenvalue weighted by molar-refractivity contribution is 0.565. The van der Waals surface area contributed by atoms with Gasteiger partial charge in [0.1, 0.15) is 0 Å². The SMILES string of the molecule is CNCCn1cc(CCCCCc2cnc(N)[nH]2)nn1. The van der Waals surface area contributed by atoms with Crippen molar-refractivity contribution in [1.29, 1.82) is 0 Å². The van der Waals surface area contributed by atoms with Crippen LogP contribution in [-0.4, -0.2) is 38.6 Å². The second-order valence-electron chi connectivity index (χ2n) is 4.93. The number of rotatable bonds is 9. The van der Waals surface area contributed by atoms with Crippen molar-refractivity contribution in [3.8, 4) is 0 Å². The molecule has 2 rings (SSSR count). The van der Waals surface area contributed by atoms with Gasteiger partial charge < -0.3 is 16.0 Å². The van der Waals surface area contributed by atoms with E-state index in [1.807, 2.05) is 24.1 Å². The van der Waals surface area contributed by atoms with Crippen LogP contribution in [0.5, 0.6) is 0 Å². The number of H-pyrrole nitrogens is 1. The maximum Gasteiger partial charge on any atom is 0.197 e. The average Bonchev–Trinajstić information content (AvgIpc) is 3.05. The van der Waals surface area contributed by atoms with Crippen LogP contribution in [0.25, 0.3) is 0 Å². The van der Waals surface area contributed by atoms with Crippen molar-refractivity contribution in [1.82, 2.24) is 30.3 Å². The smallest absolute Gasteiger partial charge is 0.197 e. The molecule has 0 spiro atoms. The molecule has 0 aromatic carbocycles. The third-order valence-electron chi connectivity index (χ3n) is 3.20. The molecule has 0 amide bonds. The van der Waals surface area contributed by atoms with Crippen LogP contribution in [0.3, 0.4) is 0 Å². The normalized spacial score (nSPS) is 11.1. The Hall–Kier alpha value is -1.89. The maximum atomic E-state index is 5.53. The van der Waals surface area contributed by atoms with Gasteiger partial charge in [-0.05, 0) is 32.7 Å². The zero-order chi connectivity index (χ0) is 14.2. The Morgan fingerprint density at radius 1 is 1.30 bits per heavy atom. The first-order valence-corrected chi connectivity index (χ1v) is 7.11. The predicted octanol–water partition coefficient (Wildman–Crippen LogP) is 0.758. The van der Waals surface area contributed by atoms with Crippen LogP contribution in [0.2, 0.25) is 0 Å². The molecule has 0 fully saturated rings. The van der Waals surface area contributed by atoms with E-state index in [1.165, 1.54) is 6.42 Å². The van der Waals surface area contributed by atoms with Crippen LogP contribution in [0.15, 0.2) is 12.4 Å². The molecule has 0 unspecified atom stereocenters. The summed E-state index contributed by atoms with van der Waals surface area (Å²) in [5.41, 5.74) is 7.72. The summed E-state index contributed by atoms with van der Waals surface area (Å²) < 4.78 is 1.89. The molecule has 2 aromatic rings. The van der Waals surface area contributed by atoms with Crippen LogP contribution in [0.1, 0.15) is 30.7 Å². The summed E-state index contributed by atoms with van der Waals surface area (Å²) in [4.78, 5) is 7.03. The van der Waals surface area contributed by atoms with Crippen LogP contribution in [0.4, 0.5) is 5.95 Å². The zero-order valence-electron chi connectivity index (χ0n) is 12.0. The van der Waals surface area contributed by atoms with Gasteiger partial charge in [-0.1, -0.05) is 11.6 Å². The fraction of sp³-hybridized carbons (Fsp3) is 0.615. The Kier molecular flexibility index (Phi) is 5.55. The highest BCUT2D eigenvalue weighted by atomic mass is 15.4. The van der Waals surface area contributed by atoms with Gasteiger partial charge in [-0.25, -0.2) is 4.98 Å². The number of nitrogens with two attached hydrogens (primary N) is 1. The van der Waals surface area contributed by atoms with Crippen LogP contribution in [-0.2, 0) is 19.4 Å². The summed E-state index contributed by atoms with van der Waals surface area (Å²) >= 11 is 0. The van der Waals surface area contributed by atoms with E-state index < -0.39 is 0 Å². The summed E-state index contributed by atoms with van der Waals surface area (Å²) in [6.45, 7) is 1.78. The largest absolute Gasteiger partial charge is 0.369 e. The second kappa shape index (κ2) is 7.64. The number of aryl methyl sites for hydroxylation is 2. The lowest BCUT2D eigenvalue weighted by Crippen LogP contribution is -2.15. The van der Waals surface area contributed by atoms with Gasteiger partial charge in [0.2, 0.25) is 0 Å². The van der Waals surface area contributed by atoms with Crippen molar-refractivity contribution >= 4 is 5.95 Å². The maximum absolute atomic E-state index is 5.53. The highest BCUT2D eigenvalue weighted by Gasteiger charge is 2.01. The van der Waals surface area contributed by atoms with Crippen LogP contribution >= 0.6 is 0 Å². The molecule has 0 aliphatic carbocycles. The van der Waals surface area contributed by atoms with Crippen molar-refractivity contribution < 1.29 is 0 Å². The van der Waals surface area contributed by atoms with Gasteiger partial charge in [0.05, 0.1) is 18.4 Å². The molecule has 7 heteroatoms. The molecular weight excluding hydrogens is 254 g/mol. The van der Waals surface area contributed by atoms with E-state index in [-0.39, 0.29) is 0 Å². The monoisotopic (exact) mass is 277 g/mol. The number of nitrogens with zero attached hydrogens (tertiary/aromatic N) is 4. The Labute approximate surface area is 119 Å². The second-order valence-corrected chi connectivity index (χ2v) is 4.93. The van der Waals surface area contributed by atoms with E-state index in [0.717, 1.165) is 50.2 Å². The van der Waals surface area contributed by atoms with Gasteiger partial charge >= 0.3 is 0 Å². The predicted molar refractivity (Wildman–Crippen MR) is 78.2 cm³/mol. The first-order chi connectivity index (χ1) is 9.78. The minimum atomic E-state index is 0.498. The van der Waals surface area contributed by atoms with E-state index in [4.69, 9.17) is 5.73 Å². The number of unbranched alkanes of at least 4 members (excludes halogenated alkanes) is 2. The third kappa shape index (κ3) is 4.65. The number of hydrogen-bond donors (Lipinski definition) is 3. The lowest BCUT2D eigenvalue weighted by atomic mass is 10.1. The first kappa shape index (κ1) is 14.5. The van der Waals surface area contributed by atoms with Crippen molar-refractivity contribution in [2.24, 2.45) is 0 Å². The minimum Gasteiger partial charge on any atom is -0.369 e. The number of nitrogen functional groups attached to an aromatic ring is 1. The average molecular weight is 277 g/mol. The Balaban J connectivity index is 1.59. The van der Waals surface area contributed by atoms with Crippen LogP contribution in [0, 0.1) is 0 Å². The molecule has 2 heterocycles. The number of aromatic amines is 1. The number of likely N-dealkylation sites (N-methyl/N-ethyl adjacent to an activating group) is 1. The number of hydrogen-bond acceptors (Lipinski definition) is 5. The van der Waals surface area contributed by atoms with Crippen molar-refractivity contribution in [3.05, 3.63) is 23.8 Å². The first-order valence-electron chi connectivity index (χ1n) is 7.11. The van der Waals surface area contributed by atoms with Gasteiger partial charge in [0.25, 0.3) is 0 Å². The molecule has 110 valence electrons. The summed E-state index contributed by atoms with van der Waals surface area (Å²) in [6, 6.07) is 0. The topological polar surface area (TPSA) is 97.4 Å². The molecule has 0 saturated heterocycles. The van der Waals surface area contributed by atoms with Gasteiger partial charge in [-0.15, -0.1) is 5.10 Å². The van der Waals surface area contributed by atoms with Crippen molar-refractivity contribution in [2.45, 2.75) is 38.6 Å². The highest BCUT2D eigenvalue weighted by Crippen LogP contribution is 2.08. The molecule has 0 bridgehead atoms. The Bertz CT molecular complexity index is 502. The Morgan fingerprint density at radius 2 is 2.15 bits per heavy atom. The zero-order valence-corrected chi connectivity index (χ0v) is 12.0. The van der Waals surface area contributed by atoms with Gasteiger partial charge in [0, 0.05) is 18.4 Å². The summed E-state index contributed by atoms with van der Waals surface area (Å²) in [5, 5.41) is 11.4. The van der Waals surface area contributed by atoms with Gasteiger partial charge in [-0.3, -0.25) is 4.68 Å². The Morgan fingerprint density at radius 3 is 2.90 bits per heavy atom. The quantitative estimate of drug-likeness (QED) is 0.588. The molecule has 7 nitrogen and oxygen atoms in total. The fourth-order valence-corrected chi connectivity index (χ4v) is 2.09. The molecule has 20 heavy (non-hydrogen) atoms. The van der Waals surface area contributed by atoms with Gasteiger partial charge in [-0.2, -0.15) is 0 Å². The summed E-state index contributed by atoms with van der Waals surface area (Å²) in [5.74, 6) is 0.498. The lowest BCUT2D eigenvalue weighted by Gasteiger charge is -1.99. The minimum absolute atomic E-state index is 0.498. The summed E-state index contributed by atoms with van der Waals surface area (Å²) in [7, 11) is 1.94. The number of anilines is 1. The van der Waals surface area contributed by atoms with E-state index >= 15 is 0 Å². The van der Waals surface area contributed by atoms with E-state index in [2.05, 4.69) is 25.6 Å². The van der Waals surface area contributed by atoms with Gasteiger partial charge in [0.15, 0.2) is 5.95 Å². The molecule has 4 N–H and O–H groups in total. The molecule has 0 atom stereocenters. The number of nitrogens with one attached hydrogen (secondary N) is 2. The van der Waals surface area contributed by atoms with E-state index in [0.29, 0.717) is 5.95 Å². The summed E-state index contributed by atoms with van der Waals surface area (Å²) in [6.07, 6.45) is 9.27. The molecule has 0 saturated carbocycles. The number of imidazole rings is 1. The van der Waals surface area contributed by atoms with Crippen molar-refractivity contribution in [3.63, 3.8) is 0 Å². The molecule has 0 radical (unpaired) electrons. The molecule has 0 aliphatic rings. The molecule has 2 aromatic heterocycles. The standard InChI is InChI=1S/C13H23N7/c1-15-7-8-20-10-12(18-19-20)6-4-2-3-5-11-9-16-13(14)17-11/h9-10,15H,2-8H2,1H3,(H3,14,16,17). The molecular formula is C13H23N7. The van der Waals surface area contributed by atoms with E-state index in [9.17, 15) is 0 Å². The fourth-order valence-electron chi connectivity index (χ4n) is 2.09. The van der Waals surface area contributed by atoms with Crippen molar-refractivity contribution in [2.75, 3.05) is 19.3 Å². The van der Waals surface area contributed by atoms with Crippen LogP contribution < -0.4 is 11.1 Å². The highest BCUT2D eigenvalue weighted by molar-refractivity contribution is 5.18.